The third kappa shape index (κ3) is 2.78. The van der Waals surface area contributed by atoms with Crippen LogP contribution in [-0.4, -0.2) is 46.8 Å². The summed E-state index contributed by atoms with van der Waals surface area (Å²) in [5.41, 5.74) is 1.45. The predicted octanol–water partition coefficient (Wildman–Crippen LogP) is 2.69. The van der Waals surface area contributed by atoms with Gasteiger partial charge >= 0.3 is 0 Å². The second kappa shape index (κ2) is 6.18. The zero-order valence-electron chi connectivity index (χ0n) is 12.2. The van der Waals surface area contributed by atoms with E-state index < -0.39 is 0 Å². The minimum atomic E-state index is -0.0798. The maximum Gasteiger partial charge on any atom is 0.273 e. The number of hydrogen-bond acceptors (Lipinski definition) is 3. The molecule has 1 saturated heterocycles. The first-order chi connectivity index (χ1) is 10.6. The van der Waals surface area contributed by atoms with E-state index in [-0.39, 0.29) is 5.91 Å². The number of anilines is 1. The maximum absolute atomic E-state index is 12.5. The highest BCUT2D eigenvalue weighted by atomic mass is 35.5. The first-order valence-electron chi connectivity index (χ1n) is 7.04. The third-order valence-corrected chi connectivity index (χ3v) is 4.45. The first-order valence-corrected chi connectivity index (χ1v) is 7.80. The number of amides is 1. The molecular formula is C15H16Cl2N4O. The summed E-state index contributed by atoms with van der Waals surface area (Å²) in [6, 6.07) is 7.76. The number of para-hydroxylation sites is 1. The minimum Gasteiger partial charge on any atom is -0.367 e. The summed E-state index contributed by atoms with van der Waals surface area (Å²) in [7, 11) is 1.72. The van der Waals surface area contributed by atoms with Gasteiger partial charge in [0, 0.05) is 33.2 Å². The van der Waals surface area contributed by atoms with Crippen LogP contribution in [0.2, 0.25) is 10.0 Å². The van der Waals surface area contributed by atoms with Gasteiger partial charge in [-0.3, -0.25) is 9.48 Å². The molecule has 1 aliphatic heterocycles. The van der Waals surface area contributed by atoms with Crippen LogP contribution in [0.15, 0.2) is 30.5 Å². The van der Waals surface area contributed by atoms with Crippen molar-refractivity contribution in [2.24, 2.45) is 7.05 Å². The fraction of sp³-hybridized carbons (Fsp3) is 0.333. The Morgan fingerprint density at radius 3 is 2.36 bits per heavy atom. The van der Waals surface area contributed by atoms with Crippen LogP contribution in [-0.2, 0) is 7.05 Å². The average molecular weight is 339 g/mol. The SMILES string of the molecule is Cn1ncc(Cl)c1C(=O)N1CCN(c2ccccc2Cl)CC1. The van der Waals surface area contributed by atoms with Crippen molar-refractivity contribution in [3.63, 3.8) is 0 Å². The van der Waals surface area contributed by atoms with Gasteiger partial charge in [-0.05, 0) is 12.1 Å². The number of nitrogens with zero attached hydrogens (tertiary/aromatic N) is 4. The monoisotopic (exact) mass is 338 g/mol. The minimum absolute atomic E-state index is 0.0798. The predicted molar refractivity (Wildman–Crippen MR) is 87.8 cm³/mol. The van der Waals surface area contributed by atoms with E-state index in [1.54, 1.807) is 11.9 Å². The second-order valence-electron chi connectivity index (χ2n) is 5.20. The number of halogens is 2. The normalized spacial score (nSPS) is 15.2. The standard InChI is InChI=1S/C15H16Cl2N4O/c1-19-14(12(17)10-18-19)15(22)21-8-6-20(7-9-21)13-5-3-2-4-11(13)16/h2-5,10H,6-9H2,1H3. The van der Waals surface area contributed by atoms with Gasteiger partial charge in [0.1, 0.15) is 5.69 Å². The van der Waals surface area contributed by atoms with E-state index >= 15 is 0 Å². The molecule has 1 fully saturated rings. The van der Waals surface area contributed by atoms with E-state index in [1.165, 1.54) is 10.9 Å². The summed E-state index contributed by atoms with van der Waals surface area (Å²) in [5.74, 6) is -0.0798. The van der Waals surface area contributed by atoms with Crippen molar-refractivity contribution in [2.45, 2.75) is 0 Å². The van der Waals surface area contributed by atoms with Gasteiger partial charge in [-0.2, -0.15) is 5.10 Å². The fourth-order valence-corrected chi connectivity index (χ4v) is 3.16. The van der Waals surface area contributed by atoms with Crippen LogP contribution < -0.4 is 4.90 Å². The number of hydrogen-bond donors (Lipinski definition) is 0. The Hall–Kier alpha value is -1.72. The molecular weight excluding hydrogens is 323 g/mol. The number of piperazine rings is 1. The van der Waals surface area contributed by atoms with Crippen LogP contribution >= 0.6 is 23.2 Å². The molecule has 3 rings (SSSR count). The molecule has 0 bridgehead atoms. The molecule has 22 heavy (non-hydrogen) atoms. The van der Waals surface area contributed by atoms with Gasteiger partial charge in [-0.15, -0.1) is 0 Å². The van der Waals surface area contributed by atoms with E-state index in [0.717, 1.165) is 23.8 Å². The Morgan fingerprint density at radius 1 is 1.09 bits per heavy atom. The lowest BCUT2D eigenvalue weighted by Gasteiger charge is -2.36. The average Bonchev–Trinajstić information content (AvgIpc) is 2.86. The topological polar surface area (TPSA) is 41.4 Å². The smallest absolute Gasteiger partial charge is 0.273 e. The summed E-state index contributed by atoms with van der Waals surface area (Å²) in [4.78, 5) is 16.5. The number of carbonyl (C=O) groups excluding carboxylic acids is 1. The van der Waals surface area contributed by atoms with Gasteiger partial charge in [0.15, 0.2) is 0 Å². The fourth-order valence-electron chi connectivity index (χ4n) is 2.66. The quantitative estimate of drug-likeness (QED) is 0.845. The van der Waals surface area contributed by atoms with Gasteiger partial charge in [0.2, 0.25) is 0 Å². The molecule has 0 unspecified atom stereocenters. The van der Waals surface area contributed by atoms with E-state index in [1.807, 2.05) is 24.3 Å². The van der Waals surface area contributed by atoms with Crippen LogP contribution in [0.4, 0.5) is 5.69 Å². The molecule has 1 aromatic carbocycles. The van der Waals surface area contributed by atoms with Crippen molar-refractivity contribution >= 4 is 34.8 Å². The van der Waals surface area contributed by atoms with Crippen LogP contribution in [0.25, 0.3) is 0 Å². The Labute approximate surface area is 139 Å². The molecule has 1 aromatic heterocycles. The Bertz CT molecular complexity index is 673. The van der Waals surface area contributed by atoms with E-state index in [4.69, 9.17) is 23.2 Å². The molecule has 0 N–H and O–H groups in total. The molecule has 116 valence electrons. The Morgan fingerprint density at radius 2 is 1.77 bits per heavy atom. The van der Waals surface area contributed by atoms with Gasteiger partial charge in [-0.1, -0.05) is 35.3 Å². The summed E-state index contributed by atoms with van der Waals surface area (Å²) < 4.78 is 1.52. The number of carbonyl (C=O) groups is 1. The van der Waals surface area contributed by atoms with Gasteiger partial charge in [0.25, 0.3) is 5.91 Å². The third-order valence-electron chi connectivity index (χ3n) is 3.86. The zero-order valence-corrected chi connectivity index (χ0v) is 13.7. The molecule has 0 aliphatic carbocycles. The molecule has 1 amide bonds. The summed E-state index contributed by atoms with van der Waals surface area (Å²) in [6.45, 7) is 2.74. The molecule has 0 radical (unpaired) electrons. The maximum atomic E-state index is 12.5. The molecule has 2 aromatic rings. The van der Waals surface area contributed by atoms with Crippen molar-refractivity contribution in [2.75, 3.05) is 31.1 Å². The van der Waals surface area contributed by atoms with Crippen molar-refractivity contribution < 1.29 is 4.79 Å². The molecule has 1 aliphatic rings. The lowest BCUT2D eigenvalue weighted by atomic mass is 10.2. The van der Waals surface area contributed by atoms with Crippen LogP contribution in [0.5, 0.6) is 0 Å². The highest BCUT2D eigenvalue weighted by Gasteiger charge is 2.26. The zero-order chi connectivity index (χ0) is 15.7. The first kappa shape index (κ1) is 15.2. The molecule has 0 atom stereocenters. The lowest BCUT2D eigenvalue weighted by Crippen LogP contribution is -2.49. The molecule has 0 saturated carbocycles. The van der Waals surface area contributed by atoms with Gasteiger partial charge in [-0.25, -0.2) is 0 Å². The number of aromatic nitrogens is 2. The van der Waals surface area contributed by atoms with Gasteiger partial charge < -0.3 is 9.80 Å². The van der Waals surface area contributed by atoms with E-state index in [2.05, 4.69) is 10.00 Å². The molecule has 0 spiro atoms. The van der Waals surface area contributed by atoms with Crippen molar-refractivity contribution in [3.8, 4) is 0 Å². The Balaban J connectivity index is 1.70. The second-order valence-corrected chi connectivity index (χ2v) is 6.01. The van der Waals surface area contributed by atoms with E-state index in [9.17, 15) is 4.79 Å². The van der Waals surface area contributed by atoms with Crippen molar-refractivity contribution in [1.29, 1.82) is 0 Å². The van der Waals surface area contributed by atoms with Crippen LogP contribution in [0.3, 0.4) is 0 Å². The van der Waals surface area contributed by atoms with Crippen molar-refractivity contribution in [3.05, 3.63) is 46.2 Å². The number of rotatable bonds is 2. The van der Waals surface area contributed by atoms with Crippen molar-refractivity contribution in [1.82, 2.24) is 14.7 Å². The largest absolute Gasteiger partial charge is 0.367 e. The summed E-state index contributed by atoms with van der Waals surface area (Å²) in [6.07, 6.45) is 1.49. The van der Waals surface area contributed by atoms with E-state index in [0.29, 0.717) is 23.8 Å². The summed E-state index contributed by atoms with van der Waals surface area (Å²) in [5, 5.41) is 5.14. The Kier molecular flexibility index (Phi) is 4.27. The lowest BCUT2D eigenvalue weighted by molar-refractivity contribution is 0.0736. The summed E-state index contributed by atoms with van der Waals surface area (Å²) >= 11 is 12.3. The molecule has 7 heteroatoms. The highest BCUT2D eigenvalue weighted by molar-refractivity contribution is 6.33. The molecule has 5 nitrogen and oxygen atoms in total. The molecule has 2 heterocycles. The number of benzene rings is 1. The van der Waals surface area contributed by atoms with Gasteiger partial charge in [0.05, 0.1) is 21.9 Å². The number of aryl methyl sites for hydroxylation is 1. The van der Waals surface area contributed by atoms with Crippen LogP contribution in [0, 0.1) is 0 Å². The highest BCUT2D eigenvalue weighted by Crippen LogP contribution is 2.26. The van der Waals surface area contributed by atoms with Crippen LogP contribution in [0.1, 0.15) is 10.5 Å².